The Hall–Kier alpha value is -1.86. The highest BCUT2D eigenvalue weighted by Crippen LogP contribution is 2.34. The summed E-state index contributed by atoms with van der Waals surface area (Å²) in [4.78, 5) is 15.7. The first-order chi connectivity index (χ1) is 14.0. The van der Waals surface area contributed by atoms with E-state index in [1.807, 2.05) is 19.1 Å². The molecule has 2 saturated carbocycles. The van der Waals surface area contributed by atoms with Crippen LogP contribution in [0, 0.1) is 5.92 Å². The number of amides is 1. The number of ether oxygens (including phenoxy) is 3. The van der Waals surface area contributed by atoms with E-state index in [1.54, 1.807) is 11.3 Å². The lowest BCUT2D eigenvalue weighted by atomic mass is 9.95. The zero-order valence-corrected chi connectivity index (χ0v) is 18.0. The second kappa shape index (κ2) is 9.30. The van der Waals surface area contributed by atoms with Crippen molar-refractivity contribution in [3.8, 4) is 10.9 Å². The fourth-order valence-corrected chi connectivity index (χ4v) is 4.56. The predicted octanol–water partition coefficient (Wildman–Crippen LogP) is 4.32. The molecule has 7 heteroatoms. The Labute approximate surface area is 175 Å². The molecule has 2 aliphatic rings. The molecule has 2 fully saturated rings. The maximum Gasteiger partial charge on any atom is 0.274 e. The molecule has 0 spiro atoms. The number of nitrogens with one attached hydrogen (secondary N) is 1. The molecule has 6 nitrogen and oxygen atoms in total. The van der Waals surface area contributed by atoms with Crippen molar-refractivity contribution in [2.75, 3.05) is 13.2 Å². The summed E-state index contributed by atoms with van der Waals surface area (Å²) in [7, 11) is 0. The minimum Gasteiger partial charge on any atom is -0.493 e. The molecule has 29 heavy (non-hydrogen) atoms. The second-order valence-corrected chi connectivity index (χ2v) is 9.31. The van der Waals surface area contributed by atoms with Gasteiger partial charge >= 0.3 is 0 Å². The van der Waals surface area contributed by atoms with Crippen LogP contribution in [0.2, 0.25) is 0 Å². The summed E-state index contributed by atoms with van der Waals surface area (Å²) in [6.07, 6.45) is 6.89. The van der Waals surface area contributed by atoms with Crippen molar-refractivity contribution in [3.05, 3.63) is 18.2 Å². The molecular formula is C22H30N2O4S. The monoisotopic (exact) mass is 418 g/mol. The number of benzene rings is 1. The molecule has 4 rings (SSSR count). The molecule has 1 aromatic carbocycles. The topological polar surface area (TPSA) is 69.7 Å². The van der Waals surface area contributed by atoms with Gasteiger partial charge in [-0.1, -0.05) is 11.3 Å². The van der Waals surface area contributed by atoms with Crippen molar-refractivity contribution in [1.82, 2.24) is 10.3 Å². The molecule has 0 radical (unpaired) electrons. The first-order valence-electron chi connectivity index (χ1n) is 10.6. The molecule has 1 heterocycles. The van der Waals surface area contributed by atoms with E-state index in [0.717, 1.165) is 59.4 Å². The van der Waals surface area contributed by atoms with Crippen molar-refractivity contribution in [1.29, 1.82) is 0 Å². The van der Waals surface area contributed by atoms with Gasteiger partial charge in [-0.05, 0) is 69.6 Å². The number of thiazole rings is 1. The number of hydrogen-bond acceptors (Lipinski definition) is 6. The molecule has 2 aromatic rings. The number of fused-ring (bicyclic) bond motifs is 1. The Bertz CT molecular complexity index is 827. The van der Waals surface area contributed by atoms with Gasteiger partial charge < -0.3 is 19.5 Å². The maximum atomic E-state index is 11.1. The first-order valence-corrected chi connectivity index (χ1v) is 11.5. The number of aromatic nitrogens is 1. The van der Waals surface area contributed by atoms with Crippen molar-refractivity contribution < 1.29 is 19.0 Å². The molecule has 1 N–H and O–H groups in total. The zero-order valence-electron chi connectivity index (χ0n) is 17.2. The van der Waals surface area contributed by atoms with Crippen LogP contribution < -0.4 is 14.8 Å². The van der Waals surface area contributed by atoms with E-state index >= 15 is 0 Å². The van der Waals surface area contributed by atoms with Crippen LogP contribution in [0.4, 0.5) is 0 Å². The third kappa shape index (κ3) is 6.06. The average molecular weight is 419 g/mol. The van der Waals surface area contributed by atoms with Crippen molar-refractivity contribution in [3.63, 3.8) is 0 Å². The van der Waals surface area contributed by atoms with Gasteiger partial charge in [0, 0.05) is 13.0 Å². The van der Waals surface area contributed by atoms with Gasteiger partial charge in [0.15, 0.2) is 0 Å². The highest BCUT2D eigenvalue weighted by Gasteiger charge is 2.25. The van der Waals surface area contributed by atoms with Crippen molar-refractivity contribution >= 4 is 27.5 Å². The summed E-state index contributed by atoms with van der Waals surface area (Å²) >= 11 is 1.59. The van der Waals surface area contributed by atoms with Crippen LogP contribution in [-0.4, -0.2) is 42.4 Å². The summed E-state index contributed by atoms with van der Waals surface area (Å²) in [6.45, 7) is 4.87. The number of carbonyl (C=O) groups excluding carboxylic acids is 1. The number of hydrogen-bond donors (Lipinski definition) is 1. The Morgan fingerprint density at radius 2 is 1.97 bits per heavy atom. The summed E-state index contributed by atoms with van der Waals surface area (Å²) in [5.74, 6) is 1.65. The van der Waals surface area contributed by atoms with Crippen LogP contribution >= 0.6 is 11.3 Å². The molecular weight excluding hydrogens is 388 g/mol. The Morgan fingerprint density at radius 1 is 1.21 bits per heavy atom. The molecule has 0 unspecified atom stereocenters. The zero-order chi connectivity index (χ0) is 20.2. The van der Waals surface area contributed by atoms with Crippen LogP contribution in [0.15, 0.2) is 18.2 Å². The van der Waals surface area contributed by atoms with Crippen molar-refractivity contribution in [2.24, 2.45) is 5.92 Å². The highest BCUT2D eigenvalue weighted by atomic mass is 32.1. The Kier molecular flexibility index (Phi) is 6.55. The van der Waals surface area contributed by atoms with Gasteiger partial charge in [-0.25, -0.2) is 4.98 Å². The van der Waals surface area contributed by atoms with Gasteiger partial charge in [-0.2, -0.15) is 0 Å². The van der Waals surface area contributed by atoms with Crippen LogP contribution in [0.5, 0.6) is 10.9 Å². The molecule has 0 saturated heterocycles. The van der Waals surface area contributed by atoms with E-state index in [4.69, 9.17) is 14.2 Å². The third-order valence-corrected chi connectivity index (χ3v) is 6.35. The lowest BCUT2D eigenvalue weighted by molar-refractivity contribution is -0.120. The van der Waals surface area contributed by atoms with E-state index in [9.17, 15) is 4.79 Å². The van der Waals surface area contributed by atoms with Gasteiger partial charge in [0.1, 0.15) is 11.9 Å². The van der Waals surface area contributed by atoms with Crippen LogP contribution in [-0.2, 0) is 9.53 Å². The molecule has 1 aromatic heterocycles. The normalized spacial score (nSPS) is 23.0. The smallest absolute Gasteiger partial charge is 0.274 e. The molecule has 2 aliphatic carbocycles. The summed E-state index contributed by atoms with van der Waals surface area (Å²) in [6, 6.07) is 6.13. The summed E-state index contributed by atoms with van der Waals surface area (Å²) < 4.78 is 19.1. The number of nitrogens with zero attached hydrogens (tertiary/aromatic N) is 1. The number of carbonyl (C=O) groups is 1. The van der Waals surface area contributed by atoms with E-state index in [-0.39, 0.29) is 24.2 Å². The minimum absolute atomic E-state index is 0.0179. The van der Waals surface area contributed by atoms with Gasteiger partial charge in [0.25, 0.3) is 5.19 Å². The molecule has 1 amide bonds. The van der Waals surface area contributed by atoms with Gasteiger partial charge in [0.05, 0.1) is 29.5 Å². The summed E-state index contributed by atoms with van der Waals surface area (Å²) in [5.41, 5.74) is 0.966. The van der Waals surface area contributed by atoms with Gasteiger partial charge in [0.2, 0.25) is 5.91 Å². The van der Waals surface area contributed by atoms with Gasteiger partial charge in [-0.3, -0.25) is 4.79 Å². The lowest BCUT2D eigenvalue weighted by Gasteiger charge is -2.29. The second-order valence-electron chi connectivity index (χ2n) is 8.32. The SMILES string of the molecule is CC(=O)N[C@@H](C)COC1CCC(Oc2nc3ccc(OCC4CC4)cc3s2)CC1. The van der Waals surface area contributed by atoms with E-state index < -0.39 is 0 Å². The summed E-state index contributed by atoms with van der Waals surface area (Å²) in [5, 5.41) is 3.59. The molecule has 1 atom stereocenters. The van der Waals surface area contributed by atoms with E-state index in [1.165, 1.54) is 19.8 Å². The lowest BCUT2D eigenvalue weighted by Crippen LogP contribution is -2.36. The minimum atomic E-state index is -0.0179. The van der Waals surface area contributed by atoms with Crippen LogP contribution in [0.3, 0.4) is 0 Å². The maximum absolute atomic E-state index is 11.1. The van der Waals surface area contributed by atoms with E-state index in [2.05, 4.69) is 16.4 Å². The third-order valence-electron chi connectivity index (χ3n) is 5.44. The average Bonchev–Trinajstić information content (AvgIpc) is 3.44. The van der Waals surface area contributed by atoms with Crippen LogP contribution in [0.1, 0.15) is 52.4 Å². The quantitative estimate of drug-likeness (QED) is 0.657. The van der Waals surface area contributed by atoms with E-state index in [0.29, 0.717) is 6.61 Å². The Morgan fingerprint density at radius 3 is 2.69 bits per heavy atom. The fourth-order valence-electron chi connectivity index (χ4n) is 3.65. The van der Waals surface area contributed by atoms with Crippen LogP contribution in [0.25, 0.3) is 10.2 Å². The first kappa shape index (κ1) is 20.4. The molecule has 0 aliphatic heterocycles. The Balaban J connectivity index is 1.23. The van der Waals surface area contributed by atoms with Gasteiger partial charge in [-0.15, -0.1) is 0 Å². The predicted molar refractivity (Wildman–Crippen MR) is 114 cm³/mol. The van der Waals surface area contributed by atoms with Crippen molar-refractivity contribution in [2.45, 2.75) is 70.6 Å². The molecule has 0 bridgehead atoms. The highest BCUT2D eigenvalue weighted by molar-refractivity contribution is 7.20. The molecule has 158 valence electrons. The fraction of sp³-hybridized carbons (Fsp3) is 0.636. The standard InChI is InChI=1S/C22H30N2O4S/c1-14(23-15(2)25)12-26-17-5-7-18(8-6-17)28-22-24-20-10-9-19(11-21(20)29-22)27-13-16-3-4-16/h9-11,14,16-18H,3-8,12-13H2,1-2H3,(H,23,25)/t14-,17?,18?/m0/s1. The number of rotatable bonds is 9. The largest absolute Gasteiger partial charge is 0.493 e.